The molecule has 0 aliphatic carbocycles. The van der Waals surface area contributed by atoms with E-state index in [1.807, 2.05) is 18.2 Å². The molecule has 106 valence electrons. The van der Waals surface area contributed by atoms with Gasteiger partial charge >= 0.3 is 6.18 Å². The first kappa shape index (κ1) is 13.4. The number of aromatic nitrogens is 1. The molecule has 0 bridgehead atoms. The normalized spacial score (nSPS) is 11.6. The van der Waals surface area contributed by atoms with E-state index in [1.165, 1.54) is 24.4 Å². The average Bonchev–Trinajstić information content (AvgIpc) is 2.97. The lowest BCUT2D eigenvalue weighted by Crippen LogP contribution is -2.06. The molecule has 0 amide bonds. The third-order valence-electron chi connectivity index (χ3n) is 3.02. The highest BCUT2D eigenvalue weighted by Gasteiger charge is 2.34. The zero-order valence-corrected chi connectivity index (χ0v) is 10.8. The van der Waals surface area contributed by atoms with Crippen LogP contribution in [0.4, 0.5) is 13.2 Å². The molecule has 1 aromatic heterocycles. The number of alkyl halides is 3. The van der Waals surface area contributed by atoms with Crippen LogP contribution in [0.15, 0.2) is 65.2 Å². The SMILES string of the molecule is FC(F)(F)c1ccccc1-c1cnc(-c2ccccc2)o1. The molecule has 2 nitrogen and oxygen atoms in total. The monoisotopic (exact) mass is 289 g/mol. The minimum Gasteiger partial charge on any atom is -0.436 e. The zero-order valence-electron chi connectivity index (χ0n) is 10.8. The van der Waals surface area contributed by atoms with Crippen LogP contribution in [0, 0.1) is 0 Å². The summed E-state index contributed by atoms with van der Waals surface area (Å²) >= 11 is 0. The van der Waals surface area contributed by atoms with E-state index >= 15 is 0 Å². The lowest BCUT2D eigenvalue weighted by atomic mass is 10.1. The van der Waals surface area contributed by atoms with Crippen molar-refractivity contribution < 1.29 is 17.6 Å². The molecule has 0 atom stereocenters. The number of hydrogen-bond acceptors (Lipinski definition) is 2. The van der Waals surface area contributed by atoms with Gasteiger partial charge in [-0.3, -0.25) is 0 Å². The van der Waals surface area contributed by atoms with Gasteiger partial charge in [-0.1, -0.05) is 36.4 Å². The predicted molar refractivity (Wildman–Crippen MR) is 72.4 cm³/mol. The van der Waals surface area contributed by atoms with Gasteiger partial charge in [-0.2, -0.15) is 13.2 Å². The van der Waals surface area contributed by atoms with Gasteiger partial charge in [0, 0.05) is 11.1 Å². The fourth-order valence-electron chi connectivity index (χ4n) is 2.06. The summed E-state index contributed by atoms with van der Waals surface area (Å²) in [5.74, 6) is 0.393. The summed E-state index contributed by atoms with van der Waals surface area (Å²) in [4.78, 5) is 4.05. The summed E-state index contributed by atoms with van der Waals surface area (Å²) in [6.45, 7) is 0. The number of hydrogen-bond donors (Lipinski definition) is 0. The van der Waals surface area contributed by atoms with Crippen molar-refractivity contribution in [3.05, 3.63) is 66.4 Å². The summed E-state index contributed by atoms with van der Waals surface area (Å²) in [5, 5.41) is 0. The Hall–Kier alpha value is -2.56. The Balaban J connectivity index is 2.06. The Kier molecular flexibility index (Phi) is 3.25. The van der Waals surface area contributed by atoms with Gasteiger partial charge in [-0.15, -0.1) is 0 Å². The van der Waals surface area contributed by atoms with E-state index in [1.54, 1.807) is 12.1 Å². The van der Waals surface area contributed by atoms with Crippen LogP contribution in [-0.2, 0) is 6.18 Å². The van der Waals surface area contributed by atoms with Gasteiger partial charge in [0.05, 0.1) is 11.8 Å². The molecule has 0 N–H and O–H groups in total. The molecule has 0 aliphatic rings. The van der Waals surface area contributed by atoms with E-state index in [0.717, 1.165) is 6.07 Å². The van der Waals surface area contributed by atoms with E-state index in [4.69, 9.17) is 4.42 Å². The topological polar surface area (TPSA) is 26.0 Å². The van der Waals surface area contributed by atoms with Crippen molar-refractivity contribution in [1.82, 2.24) is 4.98 Å². The molecular formula is C16H10F3NO. The van der Waals surface area contributed by atoms with Gasteiger partial charge in [-0.05, 0) is 18.2 Å². The molecule has 0 radical (unpaired) electrons. The summed E-state index contributed by atoms with van der Waals surface area (Å²) in [5.41, 5.74) is -0.0336. The minimum atomic E-state index is -4.43. The molecule has 0 saturated heterocycles. The number of oxazole rings is 1. The summed E-state index contributed by atoms with van der Waals surface area (Å²) in [6, 6.07) is 14.3. The number of halogens is 3. The Labute approximate surface area is 118 Å². The molecule has 3 rings (SSSR count). The van der Waals surface area contributed by atoms with Crippen LogP contribution in [0.5, 0.6) is 0 Å². The van der Waals surface area contributed by atoms with Gasteiger partial charge in [0.15, 0.2) is 5.76 Å². The maximum Gasteiger partial charge on any atom is 0.417 e. The van der Waals surface area contributed by atoms with Gasteiger partial charge < -0.3 is 4.42 Å². The van der Waals surface area contributed by atoms with E-state index < -0.39 is 11.7 Å². The van der Waals surface area contributed by atoms with Gasteiger partial charge in [0.25, 0.3) is 0 Å². The molecule has 21 heavy (non-hydrogen) atoms. The fourth-order valence-corrected chi connectivity index (χ4v) is 2.06. The Morgan fingerprint density at radius 1 is 0.857 bits per heavy atom. The van der Waals surface area contributed by atoms with Crippen molar-refractivity contribution in [2.75, 3.05) is 0 Å². The number of nitrogens with zero attached hydrogens (tertiary/aromatic N) is 1. The van der Waals surface area contributed by atoms with E-state index in [9.17, 15) is 13.2 Å². The highest BCUT2D eigenvalue weighted by atomic mass is 19.4. The van der Waals surface area contributed by atoms with Gasteiger partial charge in [-0.25, -0.2) is 4.98 Å². The molecular weight excluding hydrogens is 279 g/mol. The predicted octanol–water partition coefficient (Wildman–Crippen LogP) is 5.03. The van der Waals surface area contributed by atoms with Gasteiger partial charge in [0.1, 0.15) is 0 Å². The largest absolute Gasteiger partial charge is 0.436 e. The van der Waals surface area contributed by atoms with Crippen molar-refractivity contribution in [2.45, 2.75) is 6.18 Å². The Morgan fingerprint density at radius 3 is 2.24 bits per heavy atom. The van der Waals surface area contributed by atoms with Crippen LogP contribution in [0.2, 0.25) is 0 Å². The van der Waals surface area contributed by atoms with Crippen LogP contribution in [0.3, 0.4) is 0 Å². The van der Waals surface area contributed by atoms with E-state index in [-0.39, 0.29) is 11.3 Å². The lowest BCUT2D eigenvalue weighted by Gasteiger charge is -2.10. The Morgan fingerprint density at radius 2 is 1.52 bits per heavy atom. The van der Waals surface area contributed by atoms with Crippen molar-refractivity contribution in [3.63, 3.8) is 0 Å². The quantitative estimate of drug-likeness (QED) is 0.661. The number of benzene rings is 2. The summed E-state index contributed by atoms with van der Waals surface area (Å²) in [6.07, 6.45) is -3.12. The van der Waals surface area contributed by atoms with Crippen LogP contribution in [-0.4, -0.2) is 4.98 Å². The van der Waals surface area contributed by atoms with Crippen LogP contribution in [0.25, 0.3) is 22.8 Å². The highest BCUT2D eigenvalue weighted by Crippen LogP contribution is 2.37. The fraction of sp³-hybridized carbons (Fsp3) is 0.0625. The maximum absolute atomic E-state index is 13.0. The van der Waals surface area contributed by atoms with Gasteiger partial charge in [0.2, 0.25) is 5.89 Å². The maximum atomic E-state index is 13.0. The first-order valence-electron chi connectivity index (χ1n) is 6.23. The first-order valence-corrected chi connectivity index (χ1v) is 6.23. The molecule has 2 aromatic carbocycles. The van der Waals surface area contributed by atoms with Crippen LogP contribution in [0.1, 0.15) is 5.56 Å². The Bertz CT molecular complexity index is 747. The third kappa shape index (κ3) is 2.67. The molecule has 0 spiro atoms. The van der Waals surface area contributed by atoms with Crippen molar-refractivity contribution in [1.29, 1.82) is 0 Å². The number of rotatable bonds is 2. The molecule has 0 fully saturated rings. The van der Waals surface area contributed by atoms with Crippen molar-refractivity contribution >= 4 is 0 Å². The smallest absolute Gasteiger partial charge is 0.417 e. The standard InChI is InChI=1S/C16H10F3NO/c17-16(18,19)13-9-5-4-8-12(13)14-10-20-15(21-14)11-6-2-1-3-7-11/h1-10H. The highest BCUT2D eigenvalue weighted by molar-refractivity contribution is 5.64. The van der Waals surface area contributed by atoms with Crippen molar-refractivity contribution in [3.8, 4) is 22.8 Å². The minimum absolute atomic E-state index is 0.0142. The third-order valence-corrected chi connectivity index (χ3v) is 3.02. The first-order chi connectivity index (χ1) is 10.1. The van der Waals surface area contributed by atoms with Crippen LogP contribution < -0.4 is 0 Å². The molecule has 1 heterocycles. The summed E-state index contributed by atoms with van der Waals surface area (Å²) < 4.78 is 44.5. The average molecular weight is 289 g/mol. The van der Waals surface area contributed by atoms with Crippen molar-refractivity contribution in [2.24, 2.45) is 0 Å². The molecule has 0 saturated carbocycles. The summed E-state index contributed by atoms with van der Waals surface area (Å²) in [7, 11) is 0. The molecule has 5 heteroatoms. The lowest BCUT2D eigenvalue weighted by molar-refractivity contribution is -0.137. The second-order valence-electron chi connectivity index (χ2n) is 4.44. The van der Waals surface area contributed by atoms with Crippen LogP contribution >= 0.6 is 0 Å². The molecule has 3 aromatic rings. The van der Waals surface area contributed by atoms with E-state index in [2.05, 4.69) is 4.98 Å². The molecule has 0 unspecified atom stereocenters. The second kappa shape index (κ2) is 5.09. The zero-order chi connectivity index (χ0) is 14.9. The van der Waals surface area contributed by atoms with E-state index in [0.29, 0.717) is 11.5 Å². The molecule has 0 aliphatic heterocycles. The second-order valence-corrected chi connectivity index (χ2v) is 4.44.